The summed E-state index contributed by atoms with van der Waals surface area (Å²) >= 11 is 0. The molecule has 1 amide bonds. The van der Waals surface area contributed by atoms with Crippen molar-refractivity contribution in [2.75, 3.05) is 12.8 Å². The monoisotopic (exact) mass is 494 g/mol. The molecule has 1 fully saturated rings. The molecule has 1 aliphatic rings. The molecule has 0 aliphatic carbocycles. The van der Waals surface area contributed by atoms with Gasteiger partial charge in [-0.1, -0.05) is 6.07 Å². The minimum atomic E-state index is -3.36. The molecule has 180 valence electrons. The fourth-order valence-corrected chi connectivity index (χ4v) is 4.98. The minimum absolute atomic E-state index is 0.162. The van der Waals surface area contributed by atoms with E-state index in [0.29, 0.717) is 46.2 Å². The normalized spacial score (nSPS) is 18.2. The summed E-state index contributed by atoms with van der Waals surface area (Å²) in [4.78, 5) is 26.1. The Morgan fingerprint density at radius 3 is 2.60 bits per heavy atom. The standard InChI is InChI=1S/C25H23FN4O4S/c1-15(31)30-12-10-19(26)24(30)18-13-21-22(29-25(28-21)20-5-3-4-11-27-20)14-23(18)34-16-6-8-17(9-7-16)35(2,32)33/h3-9,11,13-14,19,24H,10,12H2,1-2H3,(H,28,29). The Morgan fingerprint density at radius 2 is 1.94 bits per heavy atom. The van der Waals surface area contributed by atoms with Gasteiger partial charge in [0.2, 0.25) is 5.91 Å². The van der Waals surface area contributed by atoms with E-state index in [1.165, 1.54) is 24.0 Å². The number of hydrogen-bond donors (Lipinski definition) is 1. The van der Waals surface area contributed by atoms with Gasteiger partial charge in [0, 0.05) is 37.6 Å². The van der Waals surface area contributed by atoms with Gasteiger partial charge in [0.25, 0.3) is 0 Å². The van der Waals surface area contributed by atoms with Crippen molar-refractivity contribution in [3.8, 4) is 23.0 Å². The summed E-state index contributed by atoms with van der Waals surface area (Å²) in [5, 5.41) is 0. The number of rotatable bonds is 5. The highest BCUT2D eigenvalue weighted by Gasteiger charge is 2.39. The number of sulfone groups is 1. The number of amides is 1. The van der Waals surface area contributed by atoms with Crippen LogP contribution >= 0.6 is 0 Å². The number of hydrogen-bond acceptors (Lipinski definition) is 6. The van der Waals surface area contributed by atoms with E-state index in [-0.39, 0.29) is 17.2 Å². The molecular weight excluding hydrogens is 471 g/mol. The van der Waals surface area contributed by atoms with Gasteiger partial charge in [0.15, 0.2) is 15.7 Å². The zero-order chi connectivity index (χ0) is 24.7. The van der Waals surface area contributed by atoms with Crippen LogP contribution < -0.4 is 4.74 Å². The number of nitrogens with zero attached hydrogens (tertiary/aromatic N) is 3. The molecule has 0 bridgehead atoms. The van der Waals surface area contributed by atoms with Gasteiger partial charge in [-0.2, -0.15) is 0 Å². The van der Waals surface area contributed by atoms with Crippen LogP contribution in [0, 0.1) is 0 Å². The second-order valence-corrected chi connectivity index (χ2v) is 10.5. The number of likely N-dealkylation sites (tertiary alicyclic amines) is 1. The number of aromatic amines is 1. The number of imidazole rings is 1. The van der Waals surface area contributed by atoms with Crippen molar-refractivity contribution < 1.29 is 22.3 Å². The van der Waals surface area contributed by atoms with Gasteiger partial charge in [-0.05, 0) is 48.9 Å². The fraction of sp³-hybridized carbons (Fsp3) is 0.240. The molecule has 1 saturated heterocycles. The maximum absolute atomic E-state index is 15.1. The number of pyridine rings is 1. The van der Waals surface area contributed by atoms with Crippen molar-refractivity contribution in [3.05, 3.63) is 66.4 Å². The Bertz CT molecular complexity index is 1500. The highest BCUT2D eigenvalue weighted by molar-refractivity contribution is 7.90. The highest BCUT2D eigenvalue weighted by Crippen LogP contribution is 2.42. The van der Waals surface area contributed by atoms with Crippen LogP contribution in [0.1, 0.15) is 24.9 Å². The lowest BCUT2D eigenvalue weighted by atomic mass is 10.0. The lowest BCUT2D eigenvalue weighted by Gasteiger charge is -2.26. The van der Waals surface area contributed by atoms with Crippen molar-refractivity contribution in [2.45, 2.75) is 30.5 Å². The molecule has 8 nitrogen and oxygen atoms in total. The zero-order valence-corrected chi connectivity index (χ0v) is 19.9. The second kappa shape index (κ2) is 8.77. The number of carbonyl (C=O) groups excluding carboxylic acids is 1. The number of halogens is 1. The molecule has 3 heterocycles. The Balaban J connectivity index is 1.62. The molecule has 1 aliphatic heterocycles. The quantitative estimate of drug-likeness (QED) is 0.439. The first-order valence-corrected chi connectivity index (χ1v) is 12.9. The van der Waals surface area contributed by atoms with Crippen LogP contribution in [0.3, 0.4) is 0 Å². The molecule has 0 spiro atoms. The van der Waals surface area contributed by atoms with Crippen LogP contribution in [-0.2, 0) is 14.6 Å². The first-order chi connectivity index (χ1) is 16.7. The molecule has 2 aromatic carbocycles. The summed E-state index contributed by atoms with van der Waals surface area (Å²) in [5.41, 5.74) is 2.39. The van der Waals surface area contributed by atoms with Crippen molar-refractivity contribution in [2.24, 2.45) is 0 Å². The highest BCUT2D eigenvalue weighted by atomic mass is 32.2. The first kappa shape index (κ1) is 23.0. The Morgan fingerprint density at radius 1 is 1.17 bits per heavy atom. The molecule has 2 aromatic heterocycles. The van der Waals surface area contributed by atoms with Gasteiger partial charge in [-0.15, -0.1) is 0 Å². The number of carbonyl (C=O) groups is 1. The number of aromatic nitrogens is 3. The van der Waals surface area contributed by atoms with Crippen LogP contribution in [0.2, 0.25) is 0 Å². The number of ether oxygens (including phenoxy) is 1. The van der Waals surface area contributed by atoms with Crippen LogP contribution in [0.5, 0.6) is 11.5 Å². The first-order valence-electron chi connectivity index (χ1n) is 11.0. The third-order valence-corrected chi connectivity index (χ3v) is 7.18. The third-order valence-electron chi connectivity index (χ3n) is 6.05. The maximum atomic E-state index is 15.1. The van der Waals surface area contributed by atoms with E-state index in [2.05, 4.69) is 15.0 Å². The summed E-state index contributed by atoms with van der Waals surface area (Å²) in [6, 6.07) is 14.1. The molecule has 10 heteroatoms. The van der Waals surface area contributed by atoms with E-state index in [9.17, 15) is 13.2 Å². The van der Waals surface area contributed by atoms with Gasteiger partial charge in [-0.25, -0.2) is 17.8 Å². The fourth-order valence-electron chi connectivity index (χ4n) is 4.35. The van der Waals surface area contributed by atoms with E-state index in [1.54, 1.807) is 30.5 Å². The predicted octanol–water partition coefficient (Wildman–Crippen LogP) is 4.45. The Kier molecular flexibility index (Phi) is 5.76. The SMILES string of the molecule is CC(=O)N1CCC(F)C1c1cc2[nH]c(-c3ccccn3)nc2cc1Oc1ccc(S(C)(=O)=O)cc1. The average Bonchev–Trinajstić information content (AvgIpc) is 3.42. The molecule has 35 heavy (non-hydrogen) atoms. The van der Waals surface area contributed by atoms with E-state index >= 15 is 4.39 Å². The van der Waals surface area contributed by atoms with Crippen LogP contribution in [0.4, 0.5) is 4.39 Å². The molecule has 2 unspecified atom stereocenters. The Labute approximate surface area is 201 Å². The van der Waals surface area contributed by atoms with Crippen molar-refractivity contribution in [1.29, 1.82) is 0 Å². The molecule has 5 rings (SSSR count). The van der Waals surface area contributed by atoms with Gasteiger partial charge >= 0.3 is 0 Å². The predicted molar refractivity (Wildman–Crippen MR) is 129 cm³/mol. The number of H-pyrrole nitrogens is 1. The summed E-state index contributed by atoms with van der Waals surface area (Å²) in [7, 11) is -3.36. The van der Waals surface area contributed by atoms with Crippen molar-refractivity contribution in [3.63, 3.8) is 0 Å². The van der Waals surface area contributed by atoms with Crippen molar-refractivity contribution in [1.82, 2.24) is 19.9 Å². The van der Waals surface area contributed by atoms with Gasteiger partial charge in [0.1, 0.15) is 23.4 Å². The molecule has 0 radical (unpaired) electrons. The largest absolute Gasteiger partial charge is 0.457 e. The molecule has 1 N–H and O–H groups in total. The lowest BCUT2D eigenvalue weighted by molar-refractivity contribution is -0.130. The van der Waals surface area contributed by atoms with Gasteiger partial charge in [-0.3, -0.25) is 9.78 Å². The number of alkyl halides is 1. The van der Waals surface area contributed by atoms with E-state index in [1.807, 2.05) is 18.2 Å². The lowest BCUT2D eigenvalue weighted by Crippen LogP contribution is -2.30. The van der Waals surface area contributed by atoms with Crippen LogP contribution in [0.25, 0.3) is 22.6 Å². The summed E-state index contributed by atoms with van der Waals surface area (Å²) in [5.74, 6) is 1.04. The second-order valence-electron chi connectivity index (χ2n) is 8.52. The molecule has 2 atom stereocenters. The van der Waals surface area contributed by atoms with Crippen LogP contribution in [0.15, 0.2) is 65.7 Å². The van der Waals surface area contributed by atoms with Crippen molar-refractivity contribution >= 4 is 26.8 Å². The Hall–Kier alpha value is -3.79. The van der Waals surface area contributed by atoms with Gasteiger partial charge < -0.3 is 14.6 Å². The summed E-state index contributed by atoms with van der Waals surface area (Å²) < 4.78 is 44.8. The van der Waals surface area contributed by atoms with E-state index < -0.39 is 22.1 Å². The molecular formula is C25H23FN4O4S. The number of benzene rings is 2. The average molecular weight is 495 g/mol. The molecule has 4 aromatic rings. The number of fused-ring (bicyclic) bond motifs is 1. The maximum Gasteiger partial charge on any atom is 0.220 e. The topological polar surface area (TPSA) is 105 Å². The zero-order valence-electron chi connectivity index (χ0n) is 19.1. The summed E-state index contributed by atoms with van der Waals surface area (Å²) in [6.45, 7) is 1.73. The minimum Gasteiger partial charge on any atom is -0.457 e. The van der Waals surface area contributed by atoms with E-state index in [0.717, 1.165) is 6.26 Å². The van der Waals surface area contributed by atoms with Gasteiger partial charge in [0.05, 0.1) is 22.0 Å². The van der Waals surface area contributed by atoms with E-state index in [4.69, 9.17) is 4.74 Å². The number of nitrogens with one attached hydrogen (secondary N) is 1. The summed E-state index contributed by atoms with van der Waals surface area (Å²) in [6.07, 6.45) is 1.76. The third kappa shape index (κ3) is 4.49. The smallest absolute Gasteiger partial charge is 0.220 e. The van der Waals surface area contributed by atoms with Crippen LogP contribution in [-0.4, -0.2) is 53.1 Å². The molecule has 0 saturated carbocycles.